The molecular formula is C17H26N2O2. The largest absolute Gasteiger partial charge is 0.389 e. The first-order chi connectivity index (χ1) is 9.98. The summed E-state index contributed by atoms with van der Waals surface area (Å²) in [5.41, 5.74) is 1.59. The number of carbonyl (C=O) groups excluding carboxylic acids is 1. The van der Waals surface area contributed by atoms with E-state index in [1.807, 2.05) is 32.3 Å². The zero-order valence-corrected chi connectivity index (χ0v) is 13.1. The highest BCUT2D eigenvalue weighted by atomic mass is 16.3. The molecule has 0 bridgehead atoms. The number of carbonyl (C=O) groups is 1. The Labute approximate surface area is 127 Å². The Bertz CT molecular complexity index is 479. The number of hydrogen-bond donors (Lipinski definition) is 2. The van der Waals surface area contributed by atoms with E-state index in [4.69, 9.17) is 0 Å². The molecule has 1 aliphatic carbocycles. The molecule has 0 aromatic heterocycles. The van der Waals surface area contributed by atoms with E-state index >= 15 is 0 Å². The zero-order valence-electron chi connectivity index (χ0n) is 13.1. The van der Waals surface area contributed by atoms with Crippen molar-refractivity contribution in [1.82, 2.24) is 10.2 Å². The smallest absolute Gasteiger partial charge is 0.223 e. The third-order valence-corrected chi connectivity index (χ3v) is 4.10. The SMILES string of the molecule is CN(C)Cc1ccccc1CNC(=O)CC1(O)CCCC1. The van der Waals surface area contributed by atoms with Crippen molar-refractivity contribution in [1.29, 1.82) is 0 Å². The summed E-state index contributed by atoms with van der Waals surface area (Å²) in [5, 5.41) is 13.2. The second kappa shape index (κ2) is 7.05. The Kier molecular flexibility index (Phi) is 5.37. The maximum absolute atomic E-state index is 12.0. The van der Waals surface area contributed by atoms with E-state index in [-0.39, 0.29) is 12.3 Å². The van der Waals surface area contributed by atoms with Crippen LogP contribution in [-0.2, 0) is 17.9 Å². The van der Waals surface area contributed by atoms with Gasteiger partial charge in [-0.3, -0.25) is 4.79 Å². The van der Waals surface area contributed by atoms with Crippen molar-refractivity contribution in [2.75, 3.05) is 14.1 Å². The Balaban J connectivity index is 1.89. The third kappa shape index (κ3) is 4.83. The van der Waals surface area contributed by atoms with Crippen LogP contribution < -0.4 is 5.32 Å². The van der Waals surface area contributed by atoms with Gasteiger partial charge in [-0.05, 0) is 38.1 Å². The molecule has 116 valence electrons. The summed E-state index contributed by atoms with van der Waals surface area (Å²) in [6.45, 7) is 1.38. The molecule has 4 nitrogen and oxygen atoms in total. The molecule has 1 saturated carbocycles. The summed E-state index contributed by atoms with van der Waals surface area (Å²) >= 11 is 0. The van der Waals surface area contributed by atoms with Gasteiger partial charge in [0.15, 0.2) is 0 Å². The van der Waals surface area contributed by atoms with Crippen LogP contribution in [0.2, 0.25) is 0 Å². The monoisotopic (exact) mass is 290 g/mol. The van der Waals surface area contributed by atoms with Gasteiger partial charge in [-0.2, -0.15) is 0 Å². The van der Waals surface area contributed by atoms with Gasteiger partial charge in [0.05, 0.1) is 12.0 Å². The van der Waals surface area contributed by atoms with Gasteiger partial charge in [-0.15, -0.1) is 0 Å². The fourth-order valence-corrected chi connectivity index (χ4v) is 2.99. The molecule has 1 aromatic rings. The minimum absolute atomic E-state index is 0.0564. The Morgan fingerprint density at radius 1 is 1.24 bits per heavy atom. The molecule has 0 unspecified atom stereocenters. The standard InChI is InChI=1S/C17H26N2O2/c1-19(2)13-15-8-4-3-7-14(15)12-18-16(20)11-17(21)9-5-6-10-17/h3-4,7-8,21H,5-6,9-13H2,1-2H3,(H,18,20). The lowest BCUT2D eigenvalue weighted by Crippen LogP contribution is -2.34. The van der Waals surface area contributed by atoms with Gasteiger partial charge in [0.25, 0.3) is 0 Å². The van der Waals surface area contributed by atoms with E-state index in [1.54, 1.807) is 0 Å². The molecular weight excluding hydrogens is 264 g/mol. The molecule has 0 radical (unpaired) electrons. The maximum Gasteiger partial charge on any atom is 0.223 e. The maximum atomic E-state index is 12.0. The van der Waals surface area contributed by atoms with E-state index in [1.165, 1.54) is 5.56 Å². The average molecular weight is 290 g/mol. The molecule has 1 fully saturated rings. The van der Waals surface area contributed by atoms with E-state index < -0.39 is 5.60 Å². The summed E-state index contributed by atoms with van der Waals surface area (Å²) in [6.07, 6.45) is 3.77. The number of benzene rings is 1. The number of nitrogens with one attached hydrogen (secondary N) is 1. The van der Waals surface area contributed by atoms with Gasteiger partial charge in [-0.1, -0.05) is 37.1 Å². The molecule has 1 amide bonds. The molecule has 1 aromatic carbocycles. The van der Waals surface area contributed by atoms with Gasteiger partial charge in [0, 0.05) is 13.1 Å². The summed E-state index contributed by atoms with van der Waals surface area (Å²) in [5.74, 6) is -0.0564. The number of aliphatic hydroxyl groups is 1. The summed E-state index contributed by atoms with van der Waals surface area (Å²) < 4.78 is 0. The third-order valence-electron chi connectivity index (χ3n) is 4.10. The van der Waals surface area contributed by atoms with Crippen LogP contribution in [0, 0.1) is 0 Å². The average Bonchev–Trinajstić information content (AvgIpc) is 2.83. The van der Waals surface area contributed by atoms with Crippen LogP contribution in [0.4, 0.5) is 0 Å². The van der Waals surface area contributed by atoms with Crippen molar-refractivity contribution in [2.45, 2.75) is 50.8 Å². The second-order valence-electron chi connectivity index (χ2n) is 6.39. The molecule has 2 rings (SSSR count). The Hall–Kier alpha value is -1.39. The van der Waals surface area contributed by atoms with Crippen LogP contribution in [0.15, 0.2) is 24.3 Å². The number of hydrogen-bond acceptors (Lipinski definition) is 3. The summed E-state index contributed by atoms with van der Waals surface area (Å²) in [7, 11) is 4.07. The number of amides is 1. The highest BCUT2D eigenvalue weighted by molar-refractivity contribution is 5.77. The molecule has 0 saturated heterocycles. The lowest BCUT2D eigenvalue weighted by Gasteiger charge is -2.21. The lowest BCUT2D eigenvalue weighted by molar-refractivity contribution is -0.126. The van der Waals surface area contributed by atoms with Crippen LogP contribution in [0.1, 0.15) is 43.2 Å². The minimum atomic E-state index is -0.771. The molecule has 2 N–H and O–H groups in total. The lowest BCUT2D eigenvalue weighted by atomic mass is 9.97. The fourth-order valence-electron chi connectivity index (χ4n) is 2.99. The van der Waals surface area contributed by atoms with Crippen molar-refractivity contribution in [3.8, 4) is 0 Å². The molecule has 21 heavy (non-hydrogen) atoms. The quantitative estimate of drug-likeness (QED) is 0.843. The normalized spacial score (nSPS) is 17.1. The first-order valence-corrected chi connectivity index (χ1v) is 7.69. The number of nitrogens with zero attached hydrogens (tertiary/aromatic N) is 1. The van der Waals surface area contributed by atoms with Crippen molar-refractivity contribution in [3.63, 3.8) is 0 Å². The Morgan fingerprint density at radius 2 is 1.86 bits per heavy atom. The molecule has 4 heteroatoms. The second-order valence-corrected chi connectivity index (χ2v) is 6.39. The first kappa shape index (κ1) is 16.0. The number of rotatable bonds is 6. The van der Waals surface area contributed by atoms with Crippen LogP contribution in [0.3, 0.4) is 0 Å². The van der Waals surface area contributed by atoms with E-state index in [0.717, 1.165) is 37.8 Å². The molecule has 0 atom stereocenters. The van der Waals surface area contributed by atoms with Gasteiger partial charge >= 0.3 is 0 Å². The fraction of sp³-hybridized carbons (Fsp3) is 0.588. The molecule has 1 aliphatic rings. The van der Waals surface area contributed by atoms with Crippen molar-refractivity contribution >= 4 is 5.91 Å². The van der Waals surface area contributed by atoms with E-state index in [9.17, 15) is 9.90 Å². The predicted octanol–water partition coefficient (Wildman–Crippen LogP) is 2.06. The minimum Gasteiger partial charge on any atom is -0.389 e. The zero-order chi connectivity index (χ0) is 15.3. The van der Waals surface area contributed by atoms with Crippen molar-refractivity contribution in [2.24, 2.45) is 0 Å². The van der Waals surface area contributed by atoms with Crippen LogP contribution in [0.5, 0.6) is 0 Å². The highest BCUT2D eigenvalue weighted by Crippen LogP contribution is 2.32. The molecule has 0 spiro atoms. The topological polar surface area (TPSA) is 52.6 Å². The van der Waals surface area contributed by atoms with E-state index in [0.29, 0.717) is 6.54 Å². The first-order valence-electron chi connectivity index (χ1n) is 7.69. The van der Waals surface area contributed by atoms with Crippen LogP contribution in [-0.4, -0.2) is 35.6 Å². The van der Waals surface area contributed by atoms with Crippen molar-refractivity contribution < 1.29 is 9.90 Å². The van der Waals surface area contributed by atoms with Crippen LogP contribution in [0.25, 0.3) is 0 Å². The van der Waals surface area contributed by atoms with Crippen LogP contribution >= 0.6 is 0 Å². The molecule has 0 aliphatic heterocycles. The van der Waals surface area contributed by atoms with Gasteiger partial charge in [-0.25, -0.2) is 0 Å². The van der Waals surface area contributed by atoms with Gasteiger partial charge in [0.1, 0.15) is 0 Å². The highest BCUT2D eigenvalue weighted by Gasteiger charge is 2.33. The summed E-state index contributed by atoms with van der Waals surface area (Å²) in [6, 6.07) is 8.14. The van der Waals surface area contributed by atoms with E-state index in [2.05, 4.69) is 16.3 Å². The van der Waals surface area contributed by atoms with Gasteiger partial charge in [0.2, 0.25) is 5.91 Å². The van der Waals surface area contributed by atoms with Crippen molar-refractivity contribution in [3.05, 3.63) is 35.4 Å². The molecule has 0 heterocycles. The predicted molar refractivity (Wildman–Crippen MR) is 83.7 cm³/mol. The van der Waals surface area contributed by atoms with Gasteiger partial charge < -0.3 is 15.3 Å². The Morgan fingerprint density at radius 3 is 2.48 bits per heavy atom. The summed E-state index contributed by atoms with van der Waals surface area (Å²) in [4.78, 5) is 14.1.